The van der Waals surface area contributed by atoms with Crippen LogP contribution in [0.4, 0.5) is 10.5 Å². The van der Waals surface area contributed by atoms with Crippen molar-refractivity contribution in [2.24, 2.45) is 0 Å². The number of hydrogen-bond acceptors (Lipinski definition) is 5. The molecule has 40 heavy (non-hydrogen) atoms. The Morgan fingerprint density at radius 3 is 2.65 bits per heavy atom. The standard InChI is InChI=1S/C29H35ClN6O4/c1-4-13-33(15-16-40-3)27(37)18-31-29(39)34-20-22-8-5-6-9-26(22)35(19-21(34)2)28(38)24-11-10-23(17-25(24)30)36-14-7-12-32-36/h5-12,14,17,21H,4,13,15-16,18-20H2,1-3H3,(H,31,39)/t21-/m1/s1. The molecule has 11 heteroatoms. The first kappa shape index (κ1) is 29.1. The van der Waals surface area contributed by atoms with Crippen molar-refractivity contribution in [1.29, 1.82) is 0 Å². The summed E-state index contributed by atoms with van der Waals surface area (Å²) in [6.45, 7) is 5.80. The minimum absolute atomic E-state index is 0.117. The van der Waals surface area contributed by atoms with Crippen LogP contribution in [-0.4, -0.2) is 83.4 Å². The van der Waals surface area contributed by atoms with Crippen LogP contribution in [0.1, 0.15) is 36.2 Å². The fourth-order valence-electron chi connectivity index (χ4n) is 4.76. The molecule has 1 aliphatic rings. The molecular weight excluding hydrogens is 532 g/mol. The third kappa shape index (κ3) is 6.63. The van der Waals surface area contributed by atoms with Crippen LogP contribution in [-0.2, 0) is 16.1 Å². The maximum Gasteiger partial charge on any atom is 0.318 e. The Morgan fingerprint density at radius 1 is 1.15 bits per heavy atom. The van der Waals surface area contributed by atoms with Crippen molar-refractivity contribution in [3.8, 4) is 5.69 Å². The molecule has 1 N–H and O–H groups in total. The molecule has 0 bridgehead atoms. The van der Waals surface area contributed by atoms with E-state index in [1.807, 2.05) is 44.2 Å². The minimum atomic E-state index is -0.366. The Kier molecular flexibility index (Phi) is 9.79. The van der Waals surface area contributed by atoms with E-state index in [2.05, 4.69) is 10.4 Å². The normalized spacial score (nSPS) is 14.8. The monoisotopic (exact) mass is 566 g/mol. The van der Waals surface area contributed by atoms with Gasteiger partial charge in [0.2, 0.25) is 5.91 Å². The predicted molar refractivity (Wildman–Crippen MR) is 154 cm³/mol. The number of para-hydroxylation sites is 1. The number of ether oxygens (including phenoxy) is 1. The summed E-state index contributed by atoms with van der Waals surface area (Å²) < 4.78 is 6.78. The number of anilines is 1. The van der Waals surface area contributed by atoms with Crippen molar-refractivity contribution in [2.45, 2.75) is 32.9 Å². The van der Waals surface area contributed by atoms with E-state index in [-0.39, 0.29) is 43.5 Å². The average molecular weight is 567 g/mol. The molecule has 3 aromatic rings. The van der Waals surface area contributed by atoms with E-state index in [4.69, 9.17) is 16.3 Å². The number of halogens is 1. The predicted octanol–water partition coefficient (Wildman–Crippen LogP) is 3.97. The molecule has 1 aromatic heterocycles. The number of hydrogen-bond donors (Lipinski definition) is 1. The molecule has 2 heterocycles. The maximum atomic E-state index is 13.8. The number of rotatable bonds is 9. The number of nitrogens with one attached hydrogen (secondary N) is 1. The number of carbonyl (C=O) groups excluding carboxylic acids is 3. The van der Waals surface area contributed by atoms with Gasteiger partial charge in [0.25, 0.3) is 5.91 Å². The van der Waals surface area contributed by atoms with E-state index in [9.17, 15) is 14.4 Å². The van der Waals surface area contributed by atoms with Crippen molar-refractivity contribution in [1.82, 2.24) is 24.9 Å². The molecular formula is C29H35ClN6O4. The first-order chi connectivity index (χ1) is 19.3. The molecule has 4 rings (SSSR count). The van der Waals surface area contributed by atoms with Crippen LogP contribution in [0, 0.1) is 0 Å². The number of amides is 4. The number of benzene rings is 2. The van der Waals surface area contributed by atoms with E-state index in [0.717, 1.165) is 17.7 Å². The number of carbonyl (C=O) groups is 3. The van der Waals surface area contributed by atoms with Crippen LogP contribution < -0.4 is 10.2 Å². The van der Waals surface area contributed by atoms with Gasteiger partial charge in [-0.15, -0.1) is 0 Å². The second-order valence-corrected chi connectivity index (χ2v) is 10.1. The van der Waals surface area contributed by atoms with Crippen molar-refractivity contribution < 1.29 is 19.1 Å². The molecule has 4 amide bonds. The molecule has 0 spiro atoms. The molecule has 0 saturated heterocycles. The number of fused-ring (bicyclic) bond motifs is 1. The highest BCUT2D eigenvalue weighted by Crippen LogP contribution is 2.30. The number of urea groups is 1. The average Bonchev–Trinajstić information content (AvgIpc) is 3.45. The van der Waals surface area contributed by atoms with Gasteiger partial charge in [-0.3, -0.25) is 9.59 Å². The van der Waals surface area contributed by atoms with Crippen molar-refractivity contribution in [2.75, 3.05) is 44.8 Å². The summed E-state index contributed by atoms with van der Waals surface area (Å²) >= 11 is 6.59. The van der Waals surface area contributed by atoms with Crippen LogP contribution in [0.15, 0.2) is 60.9 Å². The largest absolute Gasteiger partial charge is 0.383 e. The Hall–Kier alpha value is -3.89. The van der Waals surface area contributed by atoms with Crippen LogP contribution in [0.25, 0.3) is 5.69 Å². The van der Waals surface area contributed by atoms with Crippen LogP contribution in [0.2, 0.25) is 5.02 Å². The van der Waals surface area contributed by atoms with Crippen molar-refractivity contribution >= 4 is 35.1 Å². The highest BCUT2D eigenvalue weighted by molar-refractivity contribution is 6.34. The summed E-state index contributed by atoms with van der Waals surface area (Å²) in [5.74, 6) is -0.428. The molecule has 1 atom stereocenters. The molecule has 0 unspecified atom stereocenters. The summed E-state index contributed by atoms with van der Waals surface area (Å²) in [4.78, 5) is 44.9. The number of methoxy groups -OCH3 is 1. The zero-order chi connectivity index (χ0) is 28.6. The van der Waals surface area contributed by atoms with Gasteiger partial charge in [0.15, 0.2) is 0 Å². The van der Waals surface area contributed by atoms with Crippen molar-refractivity contribution in [3.05, 3.63) is 77.1 Å². The lowest BCUT2D eigenvalue weighted by atomic mass is 10.1. The van der Waals surface area contributed by atoms with E-state index >= 15 is 0 Å². The third-order valence-electron chi connectivity index (χ3n) is 6.86. The maximum absolute atomic E-state index is 13.8. The smallest absolute Gasteiger partial charge is 0.318 e. The number of aromatic nitrogens is 2. The SMILES string of the molecule is CCCN(CCOC)C(=O)CNC(=O)N1Cc2ccccc2N(C(=O)c2ccc(-n3cccn3)cc2Cl)C[C@H]1C. The first-order valence-corrected chi connectivity index (χ1v) is 13.7. The highest BCUT2D eigenvalue weighted by Gasteiger charge is 2.32. The molecule has 0 radical (unpaired) electrons. The van der Waals surface area contributed by atoms with Gasteiger partial charge >= 0.3 is 6.03 Å². The third-order valence-corrected chi connectivity index (χ3v) is 7.18. The lowest BCUT2D eigenvalue weighted by molar-refractivity contribution is -0.130. The highest BCUT2D eigenvalue weighted by atomic mass is 35.5. The first-order valence-electron chi connectivity index (χ1n) is 13.3. The van der Waals surface area contributed by atoms with Crippen molar-refractivity contribution in [3.63, 3.8) is 0 Å². The Morgan fingerprint density at radius 2 is 1.95 bits per heavy atom. The summed E-state index contributed by atoms with van der Waals surface area (Å²) in [6.07, 6.45) is 4.28. The number of nitrogens with zero attached hydrogens (tertiary/aromatic N) is 5. The zero-order valence-electron chi connectivity index (χ0n) is 23.0. The molecule has 212 valence electrons. The Balaban J connectivity index is 1.51. The van der Waals surface area contributed by atoms with Crippen LogP contribution in [0.3, 0.4) is 0 Å². The molecule has 10 nitrogen and oxygen atoms in total. The molecule has 0 saturated carbocycles. The van der Waals surface area contributed by atoms with Gasteiger partial charge in [-0.25, -0.2) is 9.48 Å². The summed E-state index contributed by atoms with van der Waals surface area (Å²) in [7, 11) is 1.59. The Labute approximate surface area is 239 Å². The minimum Gasteiger partial charge on any atom is -0.383 e. The molecule has 0 fully saturated rings. The lowest BCUT2D eigenvalue weighted by Crippen LogP contribution is -2.50. The van der Waals surface area contributed by atoms with E-state index in [1.165, 1.54) is 0 Å². The van der Waals surface area contributed by atoms with Gasteiger partial charge in [0, 0.05) is 57.4 Å². The molecule has 0 aliphatic carbocycles. The van der Waals surface area contributed by atoms with Gasteiger partial charge in [0.1, 0.15) is 0 Å². The van der Waals surface area contributed by atoms with Gasteiger partial charge in [-0.05, 0) is 49.2 Å². The summed E-state index contributed by atoms with van der Waals surface area (Å²) in [5.41, 5.74) is 2.63. The fourth-order valence-corrected chi connectivity index (χ4v) is 5.01. The molecule has 1 aliphatic heterocycles. The summed E-state index contributed by atoms with van der Waals surface area (Å²) in [6, 6.07) is 13.8. The fraction of sp³-hybridized carbons (Fsp3) is 0.379. The van der Waals surface area contributed by atoms with Crippen LogP contribution in [0.5, 0.6) is 0 Å². The van der Waals surface area contributed by atoms with Gasteiger partial charge in [0.05, 0.1) is 29.4 Å². The van der Waals surface area contributed by atoms with Gasteiger partial charge in [-0.2, -0.15) is 5.10 Å². The van der Waals surface area contributed by atoms with Crippen LogP contribution >= 0.6 is 11.6 Å². The van der Waals surface area contributed by atoms with E-state index < -0.39 is 0 Å². The van der Waals surface area contributed by atoms with Gasteiger partial charge in [-0.1, -0.05) is 36.7 Å². The quantitative estimate of drug-likeness (QED) is 0.422. The lowest BCUT2D eigenvalue weighted by Gasteiger charge is -2.30. The van der Waals surface area contributed by atoms with E-state index in [1.54, 1.807) is 57.1 Å². The van der Waals surface area contributed by atoms with Gasteiger partial charge < -0.3 is 24.8 Å². The Bertz CT molecular complexity index is 1330. The zero-order valence-corrected chi connectivity index (χ0v) is 23.8. The second-order valence-electron chi connectivity index (χ2n) is 9.67. The second kappa shape index (κ2) is 13.5. The summed E-state index contributed by atoms with van der Waals surface area (Å²) in [5, 5.41) is 7.31. The van der Waals surface area contributed by atoms with E-state index in [0.29, 0.717) is 36.0 Å². The topological polar surface area (TPSA) is 100 Å². The molecule has 2 aromatic carbocycles.